The quantitative estimate of drug-likeness (QED) is 0.865. The van der Waals surface area contributed by atoms with Gasteiger partial charge in [-0.25, -0.2) is 0 Å². The molecule has 3 nitrogen and oxygen atoms in total. The van der Waals surface area contributed by atoms with Gasteiger partial charge < -0.3 is 14.7 Å². The lowest BCUT2D eigenvalue weighted by molar-refractivity contribution is 0.144. The van der Waals surface area contributed by atoms with Crippen molar-refractivity contribution in [2.24, 2.45) is 0 Å². The van der Waals surface area contributed by atoms with Gasteiger partial charge in [-0.05, 0) is 62.4 Å². The minimum atomic E-state index is -0.454. The standard InChI is InChI=1S/C19H31NO2/c1-5-22-18-9-8-15(19(2,3)4)14-16(18)17(21)10-13-20-11-6-7-12-20/h8-9,14,17,21H,5-7,10-13H2,1-4H3. The van der Waals surface area contributed by atoms with Gasteiger partial charge in [0.05, 0.1) is 12.7 Å². The molecule has 1 aromatic carbocycles. The second kappa shape index (κ2) is 7.47. The number of ether oxygens (including phenoxy) is 1. The molecule has 1 saturated heterocycles. The molecule has 1 aromatic rings. The minimum absolute atomic E-state index is 0.0775. The fourth-order valence-corrected chi connectivity index (χ4v) is 3.03. The number of aliphatic hydroxyl groups is 1. The van der Waals surface area contributed by atoms with Crippen molar-refractivity contribution in [2.45, 2.75) is 58.5 Å². The highest BCUT2D eigenvalue weighted by Crippen LogP contribution is 2.33. The summed E-state index contributed by atoms with van der Waals surface area (Å²) in [5.74, 6) is 0.824. The lowest BCUT2D eigenvalue weighted by Gasteiger charge is -2.24. The number of likely N-dealkylation sites (tertiary alicyclic amines) is 1. The molecule has 0 spiro atoms. The van der Waals surface area contributed by atoms with Gasteiger partial charge in [0.1, 0.15) is 5.75 Å². The van der Waals surface area contributed by atoms with Crippen molar-refractivity contribution < 1.29 is 9.84 Å². The van der Waals surface area contributed by atoms with E-state index in [0.29, 0.717) is 6.61 Å². The van der Waals surface area contributed by atoms with Crippen LogP contribution in [0.4, 0.5) is 0 Å². The van der Waals surface area contributed by atoms with Crippen LogP contribution in [0.25, 0.3) is 0 Å². The molecule has 124 valence electrons. The van der Waals surface area contributed by atoms with Crippen molar-refractivity contribution in [1.82, 2.24) is 4.90 Å². The molecule has 1 heterocycles. The van der Waals surface area contributed by atoms with Crippen LogP contribution in [-0.4, -0.2) is 36.2 Å². The number of nitrogens with zero attached hydrogens (tertiary/aromatic N) is 1. The summed E-state index contributed by atoms with van der Waals surface area (Å²) in [6.45, 7) is 12.5. The predicted molar refractivity (Wildman–Crippen MR) is 91.6 cm³/mol. The van der Waals surface area contributed by atoms with Crippen LogP contribution in [0, 0.1) is 0 Å². The highest BCUT2D eigenvalue weighted by Gasteiger charge is 2.21. The normalized spacial score (nSPS) is 17.7. The SMILES string of the molecule is CCOc1ccc(C(C)(C)C)cc1C(O)CCN1CCCC1. The maximum Gasteiger partial charge on any atom is 0.125 e. The van der Waals surface area contributed by atoms with Crippen molar-refractivity contribution in [3.8, 4) is 5.75 Å². The van der Waals surface area contributed by atoms with Crippen LogP contribution in [-0.2, 0) is 5.41 Å². The molecule has 0 amide bonds. The summed E-state index contributed by atoms with van der Waals surface area (Å²) >= 11 is 0. The van der Waals surface area contributed by atoms with Crippen LogP contribution >= 0.6 is 0 Å². The van der Waals surface area contributed by atoms with E-state index >= 15 is 0 Å². The fourth-order valence-electron chi connectivity index (χ4n) is 3.03. The maximum absolute atomic E-state index is 10.7. The molecule has 1 aliphatic rings. The van der Waals surface area contributed by atoms with Gasteiger partial charge in [-0.15, -0.1) is 0 Å². The fraction of sp³-hybridized carbons (Fsp3) is 0.684. The Kier molecular flexibility index (Phi) is 5.87. The monoisotopic (exact) mass is 305 g/mol. The van der Waals surface area contributed by atoms with E-state index in [9.17, 15) is 5.11 Å². The van der Waals surface area contributed by atoms with Gasteiger partial charge in [-0.3, -0.25) is 0 Å². The second-order valence-corrected chi connectivity index (χ2v) is 7.29. The molecule has 0 aromatic heterocycles. The Bertz CT molecular complexity index is 473. The van der Waals surface area contributed by atoms with Crippen molar-refractivity contribution in [2.75, 3.05) is 26.2 Å². The Morgan fingerprint density at radius 3 is 2.50 bits per heavy atom. The average Bonchev–Trinajstić information content (AvgIpc) is 2.97. The molecule has 0 bridgehead atoms. The van der Waals surface area contributed by atoms with Crippen LogP contribution in [0.2, 0.25) is 0 Å². The number of hydrogen-bond donors (Lipinski definition) is 1. The summed E-state index contributed by atoms with van der Waals surface area (Å²) in [4.78, 5) is 2.44. The van der Waals surface area contributed by atoms with Crippen molar-refractivity contribution in [1.29, 1.82) is 0 Å². The minimum Gasteiger partial charge on any atom is -0.493 e. The second-order valence-electron chi connectivity index (χ2n) is 7.29. The first-order valence-corrected chi connectivity index (χ1v) is 8.59. The summed E-state index contributed by atoms with van der Waals surface area (Å²) in [6.07, 6.45) is 2.90. The molecule has 1 atom stereocenters. The molecular formula is C19H31NO2. The van der Waals surface area contributed by atoms with Gasteiger partial charge in [-0.1, -0.05) is 26.8 Å². The van der Waals surface area contributed by atoms with E-state index < -0.39 is 6.10 Å². The van der Waals surface area contributed by atoms with Crippen LogP contribution in [0.15, 0.2) is 18.2 Å². The summed E-state index contributed by atoms with van der Waals surface area (Å²) in [7, 11) is 0. The Hall–Kier alpha value is -1.06. The van der Waals surface area contributed by atoms with Crippen LogP contribution in [0.5, 0.6) is 5.75 Å². The number of rotatable bonds is 6. The molecule has 1 N–H and O–H groups in total. The van der Waals surface area contributed by atoms with Crippen molar-refractivity contribution >= 4 is 0 Å². The number of aliphatic hydroxyl groups excluding tert-OH is 1. The number of benzene rings is 1. The Morgan fingerprint density at radius 1 is 1.23 bits per heavy atom. The summed E-state index contributed by atoms with van der Waals surface area (Å²) < 4.78 is 5.72. The lowest BCUT2D eigenvalue weighted by atomic mass is 9.85. The smallest absolute Gasteiger partial charge is 0.125 e. The van der Waals surface area contributed by atoms with E-state index in [-0.39, 0.29) is 5.41 Å². The van der Waals surface area contributed by atoms with E-state index in [1.54, 1.807) is 0 Å². The third kappa shape index (κ3) is 4.47. The molecule has 0 saturated carbocycles. The molecule has 3 heteroatoms. The van der Waals surface area contributed by atoms with Crippen LogP contribution in [0.3, 0.4) is 0 Å². The maximum atomic E-state index is 10.7. The Morgan fingerprint density at radius 2 is 1.91 bits per heavy atom. The van der Waals surface area contributed by atoms with Gasteiger partial charge in [0, 0.05) is 12.1 Å². The zero-order valence-corrected chi connectivity index (χ0v) is 14.6. The van der Waals surface area contributed by atoms with Crippen molar-refractivity contribution in [3.63, 3.8) is 0 Å². The van der Waals surface area contributed by atoms with Gasteiger partial charge in [0.25, 0.3) is 0 Å². The molecule has 1 fully saturated rings. The van der Waals surface area contributed by atoms with Gasteiger partial charge in [-0.2, -0.15) is 0 Å². The van der Waals surface area contributed by atoms with Crippen molar-refractivity contribution in [3.05, 3.63) is 29.3 Å². The largest absolute Gasteiger partial charge is 0.493 e. The lowest BCUT2D eigenvalue weighted by Crippen LogP contribution is -2.22. The molecule has 1 unspecified atom stereocenters. The first kappa shape index (κ1) is 17.3. The first-order chi connectivity index (χ1) is 10.4. The zero-order valence-electron chi connectivity index (χ0n) is 14.6. The van der Waals surface area contributed by atoms with E-state index in [2.05, 4.69) is 37.8 Å². The molecule has 0 aliphatic carbocycles. The number of hydrogen-bond acceptors (Lipinski definition) is 3. The molecule has 2 rings (SSSR count). The topological polar surface area (TPSA) is 32.7 Å². The molecular weight excluding hydrogens is 274 g/mol. The predicted octanol–water partition coefficient (Wildman–Crippen LogP) is 3.90. The van der Waals surface area contributed by atoms with Crippen LogP contribution < -0.4 is 4.74 Å². The van der Waals surface area contributed by atoms with Gasteiger partial charge in [0.15, 0.2) is 0 Å². The average molecular weight is 305 g/mol. The Labute approximate surface area is 135 Å². The summed E-state index contributed by atoms with van der Waals surface area (Å²) in [5, 5.41) is 10.7. The molecule has 22 heavy (non-hydrogen) atoms. The summed E-state index contributed by atoms with van der Waals surface area (Å²) in [6, 6.07) is 6.25. The Balaban J connectivity index is 2.13. The van der Waals surface area contributed by atoms with E-state index in [1.165, 1.54) is 31.5 Å². The van der Waals surface area contributed by atoms with Gasteiger partial charge >= 0.3 is 0 Å². The molecule has 0 radical (unpaired) electrons. The highest BCUT2D eigenvalue weighted by atomic mass is 16.5. The third-order valence-corrected chi connectivity index (χ3v) is 4.45. The zero-order chi connectivity index (χ0) is 16.2. The van der Waals surface area contributed by atoms with Crippen LogP contribution in [0.1, 0.15) is 64.2 Å². The van der Waals surface area contributed by atoms with Gasteiger partial charge in [0.2, 0.25) is 0 Å². The highest BCUT2D eigenvalue weighted by molar-refractivity contribution is 5.41. The van der Waals surface area contributed by atoms with E-state index in [0.717, 1.165) is 24.3 Å². The van der Waals surface area contributed by atoms with E-state index in [4.69, 9.17) is 4.74 Å². The summed E-state index contributed by atoms with van der Waals surface area (Å²) in [5.41, 5.74) is 2.26. The first-order valence-electron chi connectivity index (χ1n) is 8.59. The third-order valence-electron chi connectivity index (χ3n) is 4.45. The molecule has 1 aliphatic heterocycles. The van der Waals surface area contributed by atoms with E-state index in [1.807, 2.05) is 13.0 Å².